The zero-order valence-corrected chi connectivity index (χ0v) is 9.80. The summed E-state index contributed by atoms with van der Waals surface area (Å²) in [7, 11) is 1.66. The lowest BCUT2D eigenvalue weighted by molar-refractivity contribution is -0.0180. The van der Waals surface area contributed by atoms with Crippen molar-refractivity contribution in [3.05, 3.63) is 21.9 Å². The second-order valence-corrected chi connectivity index (χ2v) is 4.56. The summed E-state index contributed by atoms with van der Waals surface area (Å²) < 4.78 is 5.29. The largest absolute Gasteiger partial charge is 0.386 e. The van der Waals surface area contributed by atoms with Crippen LogP contribution >= 0.6 is 11.3 Å². The van der Waals surface area contributed by atoms with E-state index in [4.69, 9.17) is 4.74 Å². The Kier molecular flexibility index (Phi) is 4.58. The van der Waals surface area contributed by atoms with Gasteiger partial charge in [0.2, 0.25) is 0 Å². The molecule has 14 heavy (non-hydrogen) atoms. The minimum absolute atomic E-state index is 0.0756. The molecule has 3 heteroatoms. The summed E-state index contributed by atoms with van der Waals surface area (Å²) >= 11 is 1.66. The Hall–Kier alpha value is -0.380. The highest BCUT2D eigenvalue weighted by Crippen LogP contribution is 2.27. The lowest BCUT2D eigenvalue weighted by Crippen LogP contribution is -2.20. The van der Waals surface area contributed by atoms with Gasteiger partial charge in [-0.3, -0.25) is 0 Å². The summed E-state index contributed by atoms with van der Waals surface area (Å²) in [6, 6.07) is 1.98. The Balaban J connectivity index is 2.72. The zero-order chi connectivity index (χ0) is 10.6. The Morgan fingerprint density at radius 2 is 2.29 bits per heavy atom. The van der Waals surface area contributed by atoms with Crippen molar-refractivity contribution in [3.63, 3.8) is 0 Å². The molecule has 2 unspecified atom stereocenters. The lowest BCUT2D eigenvalue weighted by atomic mass is 10.0. The van der Waals surface area contributed by atoms with Crippen molar-refractivity contribution >= 4 is 11.3 Å². The Labute approximate surface area is 89.5 Å². The van der Waals surface area contributed by atoms with Gasteiger partial charge in [-0.15, -0.1) is 11.3 Å². The molecule has 0 bridgehead atoms. The van der Waals surface area contributed by atoms with Crippen LogP contribution in [-0.4, -0.2) is 18.3 Å². The van der Waals surface area contributed by atoms with E-state index < -0.39 is 6.10 Å². The van der Waals surface area contributed by atoms with E-state index in [-0.39, 0.29) is 6.10 Å². The van der Waals surface area contributed by atoms with Gasteiger partial charge in [-0.25, -0.2) is 0 Å². The van der Waals surface area contributed by atoms with Crippen molar-refractivity contribution in [1.29, 1.82) is 0 Å². The molecule has 80 valence electrons. The molecule has 0 aromatic carbocycles. The van der Waals surface area contributed by atoms with Crippen molar-refractivity contribution < 1.29 is 9.84 Å². The van der Waals surface area contributed by atoms with E-state index in [2.05, 4.69) is 6.92 Å². The Morgan fingerprint density at radius 3 is 2.71 bits per heavy atom. The van der Waals surface area contributed by atoms with Gasteiger partial charge in [0, 0.05) is 12.0 Å². The maximum atomic E-state index is 10.1. The fourth-order valence-corrected chi connectivity index (χ4v) is 2.33. The fourth-order valence-electron chi connectivity index (χ4n) is 1.59. The molecule has 0 fully saturated rings. The molecule has 2 atom stereocenters. The molecule has 0 saturated carbocycles. The van der Waals surface area contributed by atoms with E-state index >= 15 is 0 Å². The fraction of sp³-hybridized carbons (Fsp3) is 0.636. The van der Waals surface area contributed by atoms with Crippen LogP contribution in [0.25, 0.3) is 0 Å². The molecule has 1 heterocycles. The van der Waals surface area contributed by atoms with Crippen LogP contribution in [0.5, 0.6) is 0 Å². The second kappa shape index (κ2) is 5.49. The molecule has 1 aromatic rings. The number of methoxy groups -OCH3 is 1. The molecule has 1 rings (SSSR count). The Bertz CT molecular complexity index is 270. The SMILES string of the molecule is CCCC(OC)C(O)c1ccsc1C. The minimum atomic E-state index is -0.480. The molecule has 1 aromatic heterocycles. The highest BCUT2D eigenvalue weighted by Gasteiger charge is 2.21. The van der Waals surface area contributed by atoms with Gasteiger partial charge < -0.3 is 9.84 Å². The standard InChI is InChI=1S/C11H18O2S/c1-4-5-10(13-3)11(12)9-6-7-14-8(9)2/h6-7,10-12H,4-5H2,1-3H3. The van der Waals surface area contributed by atoms with Crippen LogP contribution in [0, 0.1) is 6.92 Å². The first kappa shape index (κ1) is 11.7. The maximum Gasteiger partial charge on any atom is 0.106 e. The summed E-state index contributed by atoms with van der Waals surface area (Å²) in [5.41, 5.74) is 1.01. The van der Waals surface area contributed by atoms with Crippen LogP contribution < -0.4 is 0 Å². The lowest BCUT2D eigenvalue weighted by Gasteiger charge is -2.21. The van der Waals surface area contributed by atoms with Gasteiger partial charge in [0.05, 0.1) is 6.10 Å². The molecule has 0 aliphatic rings. The van der Waals surface area contributed by atoms with Crippen molar-refractivity contribution in [2.24, 2.45) is 0 Å². The van der Waals surface area contributed by atoms with Crippen molar-refractivity contribution in [2.75, 3.05) is 7.11 Å². The molecule has 0 aliphatic carbocycles. The average Bonchev–Trinajstić information content (AvgIpc) is 2.59. The highest BCUT2D eigenvalue weighted by atomic mass is 32.1. The molecular formula is C11H18O2S. The van der Waals surface area contributed by atoms with Gasteiger partial charge in [0.15, 0.2) is 0 Å². The van der Waals surface area contributed by atoms with Crippen LogP contribution in [-0.2, 0) is 4.74 Å². The topological polar surface area (TPSA) is 29.5 Å². The summed E-state index contributed by atoms with van der Waals surface area (Å²) in [6.45, 7) is 4.13. The van der Waals surface area contributed by atoms with Gasteiger partial charge in [0.25, 0.3) is 0 Å². The predicted molar refractivity (Wildman–Crippen MR) is 59.7 cm³/mol. The third-order valence-electron chi connectivity index (χ3n) is 2.45. The first-order chi connectivity index (χ1) is 6.70. The van der Waals surface area contributed by atoms with E-state index in [1.54, 1.807) is 18.4 Å². The number of aliphatic hydroxyl groups excluding tert-OH is 1. The molecule has 0 saturated heterocycles. The van der Waals surface area contributed by atoms with Crippen LogP contribution in [0.1, 0.15) is 36.3 Å². The van der Waals surface area contributed by atoms with Crippen LogP contribution in [0.15, 0.2) is 11.4 Å². The number of aryl methyl sites for hydroxylation is 1. The molecule has 0 radical (unpaired) electrons. The summed E-state index contributed by atoms with van der Waals surface area (Å²) in [5, 5.41) is 12.1. The molecule has 2 nitrogen and oxygen atoms in total. The van der Waals surface area contributed by atoms with E-state index in [1.807, 2.05) is 18.4 Å². The zero-order valence-electron chi connectivity index (χ0n) is 8.99. The highest BCUT2D eigenvalue weighted by molar-refractivity contribution is 7.10. The molecule has 0 spiro atoms. The maximum absolute atomic E-state index is 10.1. The van der Waals surface area contributed by atoms with E-state index in [0.717, 1.165) is 18.4 Å². The number of hydrogen-bond acceptors (Lipinski definition) is 3. The second-order valence-electron chi connectivity index (χ2n) is 3.44. The van der Waals surface area contributed by atoms with Crippen molar-refractivity contribution in [2.45, 2.75) is 38.9 Å². The van der Waals surface area contributed by atoms with Crippen LogP contribution in [0.2, 0.25) is 0 Å². The molecule has 0 amide bonds. The normalized spacial score (nSPS) is 15.4. The van der Waals surface area contributed by atoms with Gasteiger partial charge in [-0.2, -0.15) is 0 Å². The van der Waals surface area contributed by atoms with Gasteiger partial charge in [-0.05, 0) is 30.4 Å². The van der Waals surface area contributed by atoms with Gasteiger partial charge >= 0.3 is 0 Å². The number of thiophene rings is 1. The van der Waals surface area contributed by atoms with Crippen molar-refractivity contribution in [1.82, 2.24) is 0 Å². The minimum Gasteiger partial charge on any atom is -0.386 e. The number of aliphatic hydroxyl groups is 1. The summed E-state index contributed by atoms with van der Waals surface area (Å²) in [4.78, 5) is 1.18. The van der Waals surface area contributed by atoms with Crippen LogP contribution in [0.4, 0.5) is 0 Å². The summed E-state index contributed by atoms with van der Waals surface area (Å²) in [5.74, 6) is 0. The Morgan fingerprint density at radius 1 is 1.57 bits per heavy atom. The third kappa shape index (κ3) is 2.56. The monoisotopic (exact) mass is 214 g/mol. The van der Waals surface area contributed by atoms with E-state index in [9.17, 15) is 5.11 Å². The number of hydrogen-bond donors (Lipinski definition) is 1. The summed E-state index contributed by atoms with van der Waals surface area (Å²) in [6.07, 6.45) is 1.37. The number of rotatable bonds is 5. The van der Waals surface area contributed by atoms with Crippen LogP contribution in [0.3, 0.4) is 0 Å². The first-order valence-corrected chi connectivity index (χ1v) is 5.83. The number of ether oxygens (including phenoxy) is 1. The van der Waals surface area contributed by atoms with E-state index in [0.29, 0.717) is 0 Å². The quantitative estimate of drug-likeness (QED) is 0.816. The third-order valence-corrected chi connectivity index (χ3v) is 3.31. The average molecular weight is 214 g/mol. The first-order valence-electron chi connectivity index (χ1n) is 4.95. The van der Waals surface area contributed by atoms with Gasteiger partial charge in [0.1, 0.15) is 6.10 Å². The molecular weight excluding hydrogens is 196 g/mol. The van der Waals surface area contributed by atoms with Crippen molar-refractivity contribution in [3.8, 4) is 0 Å². The van der Waals surface area contributed by atoms with E-state index in [1.165, 1.54) is 4.88 Å². The molecule has 1 N–H and O–H groups in total. The molecule has 0 aliphatic heterocycles. The van der Waals surface area contributed by atoms with Gasteiger partial charge in [-0.1, -0.05) is 13.3 Å². The predicted octanol–water partition coefficient (Wildman–Crippen LogP) is 2.91. The smallest absolute Gasteiger partial charge is 0.106 e.